The van der Waals surface area contributed by atoms with E-state index >= 15 is 0 Å². The number of aliphatic imine (C=N–C) groups is 1. The lowest BCUT2D eigenvalue weighted by atomic mass is 10.2. The highest BCUT2D eigenvalue weighted by atomic mass is 127. The molecular formula is C17H24IN3O2. The molecule has 2 aromatic rings. The molecule has 0 saturated carbocycles. The molecule has 2 rings (SSSR count). The smallest absolute Gasteiger partial charge is 0.192 e. The molecule has 6 heteroatoms. The second kappa shape index (κ2) is 10.1. The highest BCUT2D eigenvalue weighted by Gasteiger charge is 2.11. The molecule has 2 aromatic heterocycles. The standard InChI is InChI=1S/C17H23N3O2.HI/c1-4-10-18-17(19-11-9-15-6-5-12-21-15)20-14(3)16-8-7-13(2)22-16;/h4-8,12,14H,1,9-11H2,2-3H3,(H2,18,19,20);1H. The number of aryl methyl sites for hydroxylation is 1. The van der Waals surface area contributed by atoms with Crippen LogP contribution in [-0.2, 0) is 6.42 Å². The van der Waals surface area contributed by atoms with Crippen molar-refractivity contribution in [2.24, 2.45) is 4.99 Å². The number of rotatable bonds is 7. The molecule has 0 aliphatic rings. The van der Waals surface area contributed by atoms with Crippen LogP contribution in [0.2, 0.25) is 0 Å². The van der Waals surface area contributed by atoms with E-state index < -0.39 is 0 Å². The lowest BCUT2D eigenvalue weighted by molar-refractivity contribution is 0.441. The SMILES string of the molecule is C=CCNC(=NCCc1ccco1)NC(C)c1ccc(C)o1.I. The summed E-state index contributed by atoms with van der Waals surface area (Å²) in [6, 6.07) is 7.80. The van der Waals surface area contributed by atoms with Crippen LogP contribution in [-0.4, -0.2) is 19.0 Å². The van der Waals surface area contributed by atoms with E-state index in [2.05, 4.69) is 22.2 Å². The highest BCUT2D eigenvalue weighted by Crippen LogP contribution is 2.15. The summed E-state index contributed by atoms with van der Waals surface area (Å²) in [5, 5.41) is 6.53. The lowest BCUT2D eigenvalue weighted by Gasteiger charge is -2.16. The van der Waals surface area contributed by atoms with Gasteiger partial charge in [-0.25, -0.2) is 0 Å². The average molecular weight is 429 g/mol. The summed E-state index contributed by atoms with van der Waals surface area (Å²) in [7, 11) is 0. The summed E-state index contributed by atoms with van der Waals surface area (Å²) in [5.74, 6) is 3.45. The van der Waals surface area contributed by atoms with Crippen LogP contribution in [0.5, 0.6) is 0 Å². The largest absolute Gasteiger partial charge is 0.469 e. The first-order chi connectivity index (χ1) is 10.7. The molecule has 0 amide bonds. The molecule has 0 aliphatic carbocycles. The van der Waals surface area contributed by atoms with Gasteiger partial charge in [0.1, 0.15) is 17.3 Å². The molecule has 0 fully saturated rings. The molecular weight excluding hydrogens is 405 g/mol. The lowest BCUT2D eigenvalue weighted by Crippen LogP contribution is -2.39. The van der Waals surface area contributed by atoms with Gasteiger partial charge in [-0.3, -0.25) is 4.99 Å². The third-order valence-corrected chi connectivity index (χ3v) is 3.16. The maximum absolute atomic E-state index is 5.63. The van der Waals surface area contributed by atoms with E-state index in [1.54, 1.807) is 12.3 Å². The summed E-state index contributed by atoms with van der Waals surface area (Å²) in [5.41, 5.74) is 0. The minimum atomic E-state index is 0. The van der Waals surface area contributed by atoms with E-state index in [-0.39, 0.29) is 30.0 Å². The van der Waals surface area contributed by atoms with Gasteiger partial charge in [-0.1, -0.05) is 6.08 Å². The number of nitrogens with zero attached hydrogens (tertiary/aromatic N) is 1. The monoisotopic (exact) mass is 429 g/mol. The second-order valence-corrected chi connectivity index (χ2v) is 5.04. The van der Waals surface area contributed by atoms with Crippen molar-refractivity contribution in [3.8, 4) is 0 Å². The zero-order chi connectivity index (χ0) is 15.8. The van der Waals surface area contributed by atoms with E-state index in [4.69, 9.17) is 8.83 Å². The van der Waals surface area contributed by atoms with Gasteiger partial charge in [0.2, 0.25) is 0 Å². The summed E-state index contributed by atoms with van der Waals surface area (Å²) in [6.45, 7) is 8.98. The summed E-state index contributed by atoms with van der Waals surface area (Å²) >= 11 is 0. The van der Waals surface area contributed by atoms with Gasteiger partial charge in [-0.15, -0.1) is 30.6 Å². The van der Waals surface area contributed by atoms with E-state index in [0.29, 0.717) is 13.1 Å². The molecule has 126 valence electrons. The molecule has 2 N–H and O–H groups in total. The maximum atomic E-state index is 5.63. The first kappa shape index (κ1) is 19.3. The van der Waals surface area contributed by atoms with Gasteiger partial charge in [0.25, 0.3) is 0 Å². The Kier molecular flexibility index (Phi) is 8.53. The van der Waals surface area contributed by atoms with Crippen molar-refractivity contribution in [1.29, 1.82) is 0 Å². The quantitative estimate of drug-likeness (QED) is 0.304. The molecule has 23 heavy (non-hydrogen) atoms. The Balaban J connectivity index is 0.00000264. The molecule has 0 saturated heterocycles. The number of hydrogen-bond donors (Lipinski definition) is 2. The van der Waals surface area contributed by atoms with Crippen LogP contribution in [0.25, 0.3) is 0 Å². The van der Waals surface area contributed by atoms with Crippen LogP contribution in [0.4, 0.5) is 0 Å². The van der Waals surface area contributed by atoms with Crippen molar-refractivity contribution in [3.63, 3.8) is 0 Å². The fraction of sp³-hybridized carbons (Fsp3) is 0.353. The van der Waals surface area contributed by atoms with Gasteiger partial charge in [0, 0.05) is 19.5 Å². The molecule has 0 bridgehead atoms. The van der Waals surface area contributed by atoms with Crippen molar-refractivity contribution < 1.29 is 8.83 Å². The van der Waals surface area contributed by atoms with E-state index in [1.165, 1.54) is 0 Å². The van der Waals surface area contributed by atoms with Crippen LogP contribution < -0.4 is 10.6 Å². The Morgan fingerprint density at radius 1 is 1.39 bits per heavy atom. The van der Waals surface area contributed by atoms with Gasteiger partial charge < -0.3 is 19.5 Å². The molecule has 0 aliphatic heterocycles. The van der Waals surface area contributed by atoms with Crippen LogP contribution in [0.1, 0.15) is 30.2 Å². The summed E-state index contributed by atoms with van der Waals surface area (Å²) in [6.07, 6.45) is 4.24. The molecule has 2 heterocycles. The van der Waals surface area contributed by atoms with Gasteiger partial charge in [0.05, 0.1) is 12.3 Å². The molecule has 0 radical (unpaired) electrons. The average Bonchev–Trinajstić information content (AvgIpc) is 3.16. The van der Waals surface area contributed by atoms with E-state index in [0.717, 1.165) is 29.7 Å². The topological polar surface area (TPSA) is 62.7 Å². The van der Waals surface area contributed by atoms with E-state index in [9.17, 15) is 0 Å². The Hall–Kier alpha value is -1.70. The van der Waals surface area contributed by atoms with Crippen molar-refractivity contribution in [1.82, 2.24) is 10.6 Å². The van der Waals surface area contributed by atoms with Gasteiger partial charge in [-0.2, -0.15) is 0 Å². The Morgan fingerprint density at radius 3 is 2.83 bits per heavy atom. The first-order valence-electron chi connectivity index (χ1n) is 7.43. The number of furan rings is 2. The molecule has 0 spiro atoms. The van der Waals surface area contributed by atoms with Crippen LogP contribution >= 0.6 is 24.0 Å². The van der Waals surface area contributed by atoms with Crippen molar-refractivity contribution in [2.75, 3.05) is 13.1 Å². The summed E-state index contributed by atoms with van der Waals surface area (Å²) in [4.78, 5) is 4.55. The summed E-state index contributed by atoms with van der Waals surface area (Å²) < 4.78 is 10.9. The van der Waals surface area contributed by atoms with Crippen molar-refractivity contribution in [2.45, 2.75) is 26.3 Å². The third-order valence-electron chi connectivity index (χ3n) is 3.16. The molecule has 1 atom stereocenters. The zero-order valence-corrected chi connectivity index (χ0v) is 15.9. The fourth-order valence-corrected chi connectivity index (χ4v) is 2.02. The molecule has 5 nitrogen and oxygen atoms in total. The van der Waals surface area contributed by atoms with E-state index in [1.807, 2.05) is 38.1 Å². The van der Waals surface area contributed by atoms with Gasteiger partial charge in [0.15, 0.2) is 5.96 Å². The number of nitrogens with one attached hydrogen (secondary N) is 2. The van der Waals surface area contributed by atoms with Crippen LogP contribution in [0.3, 0.4) is 0 Å². The minimum Gasteiger partial charge on any atom is -0.469 e. The third kappa shape index (κ3) is 6.52. The maximum Gasteiger partial charge on any atom is 0.192 e. The van der Waals surface area contributed by atoms with Crippen LogP contribution in [0, 0.1) is 6.92 Å². The molecule has 0 aromatic carbocycles. The first-order valence-corrected chi connectivity index (χ1v) is 7.43. The predicted molar refractivity (Wildman–Crippen MR) is 103 cm³/mol. The highest BCUT2D eigenvalue weighted by molar-refractivity contribution is 14.0. The van der Waals surface area contributed by atoms with Crippen LogP contribution in [0.15, 0.2) is 57.0 Å². The van der Waals surface area contributed by atoms with Gasteiger partial charge >= 0.3 is 0 Å². The van der Waals surface area contributed by atoms with Crippen molar-refractivity contribution >= 4 is 29.9 Å². The number of hydrogen-bond acceptors (Lipinski definition) is 3. The fourth-order valence-electron chi connectivity index (χ4n) is 2.02. The van der Waals surface area contributed by atoms with Crippen molar-refractivity contribution in [3.05, 3.63) is 60.5 Å². The minimum absolute atomic E-state index is 0. The Morgan fingerprint density at radius 2 is 2.22 bits per heavy atom. The second-order valence-electron chi connectivity index (χ2n) is 5.04. The normalized spacial score (nSPS) is 12.3. The number of guanidine groups is 1. The molecule has 1 unspecified atom stereocenters. The Bertz CT molecular complexity index is 605. The Labute approximate surface area is 154 Å². The van der Waals surface area contributed by atoms with Gasteiger partial charge in [-0.05, 0) is 38.1 Å². The number of halogens is 1. The predicted octanol–water partition coefficient (Wildman–Crippen LogP) is 3.82. The zero-order valence-electron chi connectivity index (χ0n) is 13.5.